The Morgan fingerprint density at radius 3 is 2.95 bits per heavy atom. The molecule has 2 amide bonds. The van der Waals surface area contributed by atoms with Crippen LogP contribution in [0.1, 0.15) is 32.6 Å². The fraction of sp³-hybridized carbons (Fsp3) is 0.438. The van der Waals surface area contributed by atoms with E-state index >= 15 is 0 Å². The van der Waals surface area contributed by atoms with Gasteiger partial charge in [0.15, 0.2) is 0 Å². The lowest BCUT2D eigenvalue weighted by atomic mass is 9.86. The Morgan fingerprint density at radius 2 is 2.18 bits per heavy atom. The molecule has 3 rings (SSSR count). The summed E-state index contributed by atoms with van der Waals surface area (Å²) in [6.45, 7) is 2.19. The van der Waals surface area contributed by atoms with Gasteiger partial charge in [0.25, 0.3) is 0 Å². The first kappa shape index (κ1) is 14.6. The zero-order valence-electron chi connectivity index (χ0n) is 12.6. The van der Waals surface area contributed by atoms with E-state index in [0.717, 1.165) is 12.0 Å². The highest BCUT2D eigenvalue weighted by Crippen LogP contribution is 2.24. The van der Waals surface area contributed by atoms with Gasteiger partial charge in [-0.25, -0.2) is 4.79 Å². The molecule has 0 radical (unpaired) electrons. The van der Waals surface area contributed by atoms with Crippen LogP contribution in [0.2, 0.25) is 0 Å². The summed E-state index contributed by atoms with van der Waals surface area (Å²) in [5, 5.41) is 13.5. The fourth-order valence-electron chi connectivity index (χ4n) is 2.90. The van der Waals surface area contributed by atoms with Gasteiger partial charge in [-0.1, -0.05) is 25.8 Å². The second-order valence-corrected chi connectivity index (χ2v) is 5.79. The maximum absolute atomic E-state index is 12.2. The van der Waals surface area contributed by atoms with E-state index in [4.69, 9.17) is 4.42 Å². The number of carbonyl (C=O) groups excluding carboxylic acids is 1. The number of carbonyl (C=O) groups is 1. The predicted molar refractivity (Wildman–Crippen MR) is 83.3 cm³/mol. The topological polar surface area (TPSA) is 80.0 Å². The monoisotopic (exact) mass is 300 g/mol. The van der Waals surface area contributed by atoms with Crippen LogP contribution in [0.3, 0.4) is 0 Å². The largest absolute Gasteiger partial charge is 0.423 e. The summed E-state index contributed by atoms with van der Waals surface area (Å²) in [5.74, 6) is 0.967. The number of aromatic nitrogens is 2. The summed E-state index contributed by atoms with van der Waals surface area (Å²) in [4.78, 5) is 12.2. The van der Waals surface area contributed by atoms with Gasteiger partial charge >= 0.3 is 6.03 Å². The lowest BCUT2D eigenvalue weighted by Gasteiger charge is -2.29. The molecule has 1 heterocycles. The molecule has 2 atom stereocenters. The molecule has 0 bridgehead atoms. The number of benzene rings is 1. The highest BCUT2D eigenvalue weighted by molar-refractivity contribution is 5.90. The maximum atomic E-state index is 12.2. The molecule has 0 aliphatic heterocycles. The van der Waals surface area contributed by atoms with E-state index in [2.05, 4.69) is 27.8 Å². The number of rotatable bonds is 3. The van der Waals surface area contributed by atoms with E-state index in [1.165, 1.54) is 25.7 Å². The van der Waals surface area contributed by atoms with Crippen LogP contribution in [-0.2, 0) is 0 Å². The quantitative estimate of drug-likeness (QED) is 0.910. The van der Waals surface area contributed by atoms with E-state index < -0.39 is 0 Å². The number of anilines is 1. The lowest BCUT2D eigenvalue weighted by Crippen LogP contribution is -2.43. The van der Waals surface area contributed by atoms with Crippen LogP contribution in [0.25, 0.3) is 11.5 Å². The van der Waals surface area contributed by atoms with Crippen molar-refractivity contribution in [2.75, 3.05) is 5.32 Å². The van der Waals surface area contributed by atoms with Crippen LogP contribution in [0.15, 0.2) is 35.1 Å². The van der Waals surface area contributed by atoms with Gasteiger partial charge in [0.1, 0.15) is 0 Å². The molecule has 22 heavy (non-hydrogen) atoms. The standard InChI is InChI=1S/C16H20N4O2/c1-11-5-2-3-8-14(11)19-16(21)18-13-7-4-6-12(9-13)15-20-17-10-22-15/h4,6-7,9-11,14H,2-3,5,8H2,1H3,(H2,18,19,21)/t11-,14-/m0/s1. The van der Waals surface area contributed by atoms with Crippen molar-refractivity contribution in [2.45, 2.75) is 38.6 Å². The Morgan fingerprint density at radius 1 is 1.32 bits per heavy atom. The van der Waals surface area contributed by atoms with Crippen LogP contribution >= 0.6 is 0 Å². The molecule has 6 nitrogen and oxygen atoms in total. The zero-order chi connectivity index (χ0) is 15.4. The molecule has 6 heteroatoms. The van der Waals surface area contributed by atoms with Crippen LogP contribution in [0.5, 0.6) is 0 Å². The van der Waals surface area contributed by atoms with Crippen LogP contribution in [0.4, 0.5) is 10.5 Å². The van der Waals surface area contributed by atoms with Gasteiger partial charge in [-0.3, -0.25) is 0 Å². The minimum atomic E-state index is -0.165. The highest BCUT2D eigenvalue weighted by atomic mass is 16.4. The van der Waals surface area contributed by atoms with Crippen molar-refractivity contribution < 1.29 is 9.21 Å². The van der Waals surface area contributed by atoms with Gasteiger partial charge in [0, 0.05) is 17.3 Å². The molecular weight excluding hydrogens is 280 g/mol. The zero-order valence-corrected chi connectivity index (χ0v) is 12.6. The molecule has 116 valence electrons. The van der Waals surface area contributed by atoms with Crippen LogP contribution < -0.4 is 10.6 Å². The minimum Gasteiger partial charge on any atom is -0.423 e. The molecule has 1 aromatic heterocycles. The molecule has 0 spiro atoms. The van der Waals surface area contributed by atoms with Gasteiger partial charge in [-0.15, -0.1) is 10.2 Å². The summed E-state index contributed by atoms with van der Waals surface area (Å²) in [5.41, 5.74) is 1.48. The summed E-state index contributed by atoms with van der Waals surface area (Å²) in [7, 11) is 0. The number of nitrogens with one attached hydrogen (secondary N) is 2. The SMILES string of the molecule is C[C@H]1CCCC[C@@H]1NC(=O)Nc1cccc(-c2nnco2)c1. The average Bonchev–Trinajstić information content (AvgIpc) is 3.04. The summed E-state index contributed by atoms with van der Waals surface area (Å²) >= 11 is 0. The van der Waals surface area contributed by atoms with Gasteiger partial charge in [0.05, 0.1) is 0 Å². The van der Waals surface area contributed by atoms with Gasteiger partial charge in [-0.2, -0.15) is 0 Å². The Kier molecular flexibility index (Phi) is 4.37. The third kappa shape index (κ3) is 3.44. The van der Waals surface area contributed by atoms with Crippen LogP contribution in [-0.4, -0.2) is 22.3 Å². The number of urea groups is 1. The first-order valence-electron chi connectivity index (χ1n) is 7.66. The second-order valence-electron chi connectivity index (χ2n) is 5.79. The number of nitrogens with zero attached hydrogens (tertiary/aromatic N) is 2. The number of hydrogen-bond donors (Lipinski definition) is 2. The third-order valence-electron chi connectivity index (χ3n) is 4.16. The van der Waals surface area contributed by atoms with Gasteiger partial charge < -0.3 is 15.1 Å². The van der Waals surface area contributed by atoms with Crippen molar-refractivity contribution in [3.63, 3.8) is 0 Å². The lowest BCUT2D eigenvalue weighted by molar-refractivity contribution is 0.232. The second kappa shape index (κ2) is 6.60. The number of hydrogen-bond acceptors (Lipinski definition) is 4. The van der Waals surface area contributed by atoms with E-state index in [-0.39, 0.29) is 12.1 Å². The maximum Gasteiger partial charge on any atom is 0.319 e. The van der Waals surface area contributed by atoms with Crippen molar-refractivity contribution in [3.05, 3.63) is 30.7 Å². The third-order valence-corrected chi connectivity index (χ3v) is 4.16. The minimum absolute atomic E-state index is 0.165. The molecule has 0 unspecified atom stereocenters. The fourth-order valence-corrected chi connectivity index (χ4v) is 2.90. The van der Waals surface area contributed by atoms with E-state index in [1.54, 1.807) is 0 Å². The Bertz CT molecular complexity index is 627. The molecule has 2 aromatic rings. The van der Waals surface area contributed by atoms with E-state index in [1.807, 2.05) is 24.3 Å². The highest BCUT2D eigenvalue weighted by Gasteiger charge is 2.22. The van der Waals surface area contributed by atoms with Crippen molar-refractivity contribution in [1.82, 2.24) is 15.5 Å². The summed E-state index contributed by atoms with van der Waals surface area (Å²) in [6.07, 6.45) is 5.95. The Labute approximate surface area is 129 Å². The normalized spacial score (nSPS) is 21.3. The molecule has 1 fully saturated rings. The summed E-state index contributed by atoms with van der Waals surface area (Å²) in [6, 6.07) is 7.45. The first-order chi connectivity index (χ1) is 10.7. The summed E-state index contributed by atoms with van der Waals surface area (Å²) < 4.78 is 5.16. The predicted octanol–water partition coefficient (Wildman–Crippen LogP) is 3.44. The molecular formula is C16H20N4O2. The first-order valence-corrected chi connectivity index (χ1v) is 7.66. The van der Waals surface area contributed by atoms with E-state index in [9.17, 15) is 4.79 Å². The van der Waals surface area contributed by atoms with Crippen LogP contribution in [0, 0.1) is 5.92 Å². The van der Waals surface area contributed by atoms with Crippen molar-refractivity contribution >= 4 is 11.7 Å². The van der Waals surface area contributed by atoms with Crippen molar-refractivity contribution in [1.29, 1.82) is 0 Å². The Balaban J connectivity index is 1.63. The van der Waals surface area contributed by atoms with E-state index in [0.29, 0.717) is 17.5 Å². The molecule has 2 N–H and O–H groups in total. The molecule has 1 aromatic carbocycles. The number of amides is 2. The van der Waals surface area contributed by atoms with Gasteiger partial charge in [-0.05, 0) is 37.0 Å². The average molecular weight is 300 g/mol. The smallest absolute Gasteiger partial charge is 0.319 e. The van der Waals surface area contributed by atoms with Gasteiger partial charge in [0.2, 0.25) is 12.3 Å². The van der Waals surface area contributed by atoms with Crippen molar-refractivity contribution in [3.8, 4) is 11.5 Å². The molecule has 1 saturated carbocycles. The molecule has 0 saturated heterocycles. The Hall–Kier alpha value is -2.37. The molecule has 1 aliphatic rings. The molecule has 1 aliphatic carbocycles. The van der Waals surface area contributed by atoms with Crippen molar-refractivity contribution in [2.24, 2.45) is 5.92 Å².